The number of benzene rings is 1. The first-order valence-electron chi connectivity index (χ1n) is 3.09. The summed E-state index contributed by atoms with van der Waals surface area (Å²) in [5, 5.41) is 0. The van der Waals surface area contributed by atoms with Crippen LogP contribution in [0.3, 0.4) is 0 Å². The fourth-order valence-electron chi connectivity index (χ4n) is 0.504. The van der Waals surface area contributed by atoms with Crippen LogP contribution >= 0.6 is 0 Å². The Bertz CT molecular complexity index is 195. The zero-order valence-electron chi connectivity index (χ0n) is 7.43. The fraction of sp³-hybridized carbons (Fsp3) is 0.143. The van der Waals surface area contributed by atoms with Crippen molar-refractivity contribution in [2.75, 3.05) is 7.11 Å². The minimum atomic E-state index is -3.67. The quantitative estimate of drug-likeness (QED) is 0.447. The van der Waals surface area contributed by atoms with Crippen molar-refractivity contribution < 1.29 is 69.1 Å². The van der Waals surface area contributed by atoms with E-state index in [0.29, 0.717) is 0 Å². The second-order valence-electron chi connectivity index (χ2n) is 1.68. The van der Waals surface area contributed by atoms with Crippen LogP contribution in [-0.2, 0) is 0 Å². The van der Waals surface area contributed by atoms with Gasteiger partial charge in [0.1, 0.15) is 0 Å². The molecule has 0 fully saturated rings. The summed E-state index contributed by atoms with van der Waals surface area (Å²) in [4.78, 5) is 0. The van der Waals surface area contributed by atoms with Crippen LogP contribution in [0.5, 0.6) is 5.75 Å². The first kappa shape index (κ1) is 16.0. The molecule has 0 heterocycles. The van der Waals surface area contributed by atoms with Crippen molar-refractivity contribution in [3.05, 3.63) is 30.3 Å². The van der Waals surface area contributed by atoms with Gasteiger partial charge >= 0.3 is 58.9 Å². The van der Waals surface area contributed by atoms with E-state index in [9.17, 15) is 12.9 Å². The SMILES string of the molecule is COc1[c-]cccc1.FB(F)F.[K+]. The molecule has 6 heteroatoms. The molecule has 0 saturated heterocycles. The van der Waals surface area contributed by atoms with Crippen LogP contribution in [0.1, 0.15) is 0 Å². The number of hydrogen-bond acceptors (Lipinski definition) is 1. The molecule has 0 aliphatic heterocycles. The Balaban J connectivity index is 0. The van der Waals surface area contributed by atoms with Gasteiger partial charge < -0.3 is 4.74 Å². The van der Waals surface area contributed by atoms with E-state index < -0.39 is 7.54 Å². The molecule has 0 saturated carbocycles. The van der Waals surface area contributed by atoms with E-state index in [1.807, 2.05) is 24.3 Å². The molecular weight excluding hydrogens is 207 g/mol. The Morgan fingerprint density at radius 3 is 2.08 bits per heavy atom. The summed E-state index contributed by atoms with van der Waals surface area (Å²) in [7, 11) is -2.04. The third-order valence-corrected chi connectivity index (χ3v) is 0.900. The van der Waals surface area contributed by atoms with Gasteiger partial charge in [0, 0.05) is 5.75 Å². The Kier molecular flexibility index (Phi) is 13.0. The first-order valence-corrected chi connectivity index (χ1v) is 3.09. The van der Waals surface area contributed by atoms with Crippen LogP contribution in [0.25, 0.3) is 0 Å². The predicted molar refractivity (Wildman–Crippen MR) is 40.9 cm³/mol. The third-order valence-electron chi connectivity index (χ3n) is 0.900. The molecule has 13 heavy (non-hydrogen) atoms. The van der Waals surface area contributed by atoms with Crippen LogP contribution in [-0.4, -0.2) is 14.7 Å². The largest absolute Gasteiger partial charge is 1.00 e. The molecule has 0 radical (unpaired) electrons. The molecular formula is C7H7BF3KO. The maximum atomic E-state index is 9.67. The van der Waals surface area contributed by atoms with Crippen molar-refractivity contribution in [3.8, 4) is 5.75 Å². The van der Waals surface area contributed by atoms with Crippen LogP contribution < -0.4 is 56.1 Å². The van der Waals surface area contributed by atoms with E-state index in [2.05, 4.69) is 6.07 Å². The number of halogens is 3. The molecule has 0 aliphatic carbocycles. The molecule has 1 aromatic rings. The van der Waals surface area contributed by atoms with Crippen molar-refractivity contribution >= 4 is 7.54 Å². The van der Waals surface area contributed by atoms with Gasteiger partial charge in [-0.25, -0.2) is 0 Å². The van der Waals surface area contributed by atoms with Gasteiger partial charge in [-0.05, 0) is 0 Å². The number of hydrogen-bond donors (Lipinski definition) is 0. The van der Waals surface area contributed by atoms with E-state index in [4.69, 9.17) is 4.74 Å². The van der Waals surface area contributed by atoms with E-state index in [-0.39, 0.29) is 51.4 Å². The predicted octanol–water partition coefficient (Wildman–Crippen LogP) is -0.621. The smallest absolute Gasteiger partial charge is 0.523 e. The van der Waals surface area contributed by atoms with Gasteiger partial charge in [0.15, 0.2) is 0 Å². The molecule has 66 valence electrons. The maximum absolute atomic E-state index is 9.67. The Labute approximate surface area is 118 Å². The summed E-state index contributed by atoms with van der Waals surface area (Å²) in [5.41, 5.74) is 0. The molecule has 0 aliphatic rings. The molecule has 1 aromatic carbocycles. The summed E-state index contributed by atoms with van der Waals surface area (Å²) >= 11 is 0. The van der Waals surface area contributed by atoms with Gasteiger partial charge in [-0.2, -0.15) is 18.2 Å². The van der Waals surface area contributed by atoms with E-state index in [1.54, 1.807) is 7.11 Å². The normalized spacial score (nSPS) is 7.38. The zero-order chi connectivity index (χ0) is 9.40. The van der Waals surface area contributed by atoms with E-state index >= 15 is 0 Å². The van der Waals surface area contributed by atoms with Crippen LogP contribution in [0.4, 0.5) is 12.9 Å². The average molecular weight is 214 g/mol. The van der Waals surface area contributed by atoms with Crippen molar-refractivity contribution in [2.24, 2.45) is 0 Å². The van der Waals surface area contributed by atoms with Crippen LogP contribution in [0.2, 0.25) is 0 Å². The van der Waals surface area contributed by atoms with Crippen molar-refractivity contribution in [1.29, 1.82) is 0 Å². The fourth-order valence-corrected chi connectivity index (χ4v) is 0.504. The Hall–Kier alpha value is 0.511. The summed E-state index contributed by atoms with van der Waals surface area (Å²) in [6, 6.07) is 10.4. The van der Waals surface area contributed by atoms with Gasteiger partial charge in [-0.15, -0.1) is 12.1 Å². The molecule has 1 nitrogen and oxygen atoms in total. The summed E-state index contributed by atoms with van der Waals surface area (Å²) in [5.74, 6) is 0.785. The van der Waals surface area contributed by atoms with Gasteiger partial charge in [0.05, 0.1) is 7.11 Å². The molecule has 0 N–H and O–H groups in total. The zero-order valence-corrected chi connectivity index (χ0v) is 10.6. The summed E-state index contributed by atoms with van der Waals surface area (Å²) in [6.07, 6.45) is 0. The molecule has 0 amide bonds. The second-order valence-corrected chi connectivity index (χ2v) is 1.68. The van der Waals surface area contributed by atoms with Crippen LogP contribution in [0, 0.1) is 6.07 Å². The molecule has 0 aromatic heterocycles. The minimum Gasteiger partial charge on any atom is -0.523 e. The van der Waals surface area contributed by atoms with Crippen molar-refractivity contribution in [2.45, 2.75) is 0 Å². The Morgan fingerprint density at radius 2 is 1.85 bits per heavy atom. The average Bonchev–Trinajstić information content (AvgIpc) is 2.05. The second kappa shape index (κ2) is 10.6. The number of methoxy groups -OCH3 is 1. The molecule has 0 spiro atoms. The number of rotatable bonds is 1. The summed E-state index contributed by atoms with van der Waals surface area (Å²) < 4.78 is 33.9. The molecule has 0 atom stereocenters. The molecule has 0 bridgehead atoms. The van der Waals surface area contributed by atoms with Crippen molar-refractivity contribution in [1.82, 2.24) is 0 Å². The minimum absolute atomic E-state index is 0. The van der Waals surface area contributed by atoms with Gasteiger partial charge in [-0.1, -0.05) is 0 Å². The maximum Gasteiger partial charge on any atom is 1.00 e. The van der Waals surface area contributed by atoms with Gasteiger partial charge in [-0.3, -0.25) is 12.9 Å². The number of para-hydroxylation sites is 1. The third kappa shape index (κ3) is 12.5. The van der Waals surface area contributed by atoms with Crippen molar-refractivity contribution in [3.63, 3.8) is 0 Å². The monoisotopic (exact) mass is 214 g/mol. The van der Waals surface area contributed by atoms with Gasteiger partial charge in [0.2, 0.25) is 0 Å². The first-order chi connectivity index (χ1) is 5.66. The van der Waals surface area contributed by atoms with Gasteiger partial charge in [0.25, 0.3) is 0 Å². The van der Waals surface area contributed by atoms with E-state index in [1.165, 1.54) is 0 Å². The van der Waals surface area contributed by atoms with E-state index in [0.717, 1.165) is 5.75 Å². The topological polar surface area (TPSA) is 9.23 Å². The molecule has 1 rings (SSSR count). The van der Waals surface area contributed by atoms with Crippen LogP contribution in [0.15, 0.2) is 24.3 Å². The Morgan fingerprint density at radius 1 is 1.31 bits per heavy atom. The molecule has 0 unspecified atom stereocenters. The number of ether oxygens (including phenoxy) is 1. The standard InChI is InChI=1S/C7H7O.BF3.K/c1-8-7-5-3-2-4-6-7;2-1(3)4;/h2-5H,1H3;;/q-1;;+1. The summed E-state index contributed by atoms with van der Waals surface area (Å²) in [6.45, 7) is 0.